The third-order valence-corrected chi connectivity index (χ3v) is 7.93. The van der Waals surface area contributed by atoms with Crippen LogP contribution in [0.15, 0.2) is 72.9 Å². The smallest absolute Gasteiger partial charge is 0.421 e. The summed E-state index contributed by atoms with van der Waals surface area (Å²) in [6.07, 6.45) is 2.19. The molecule has 1 saturated heterocycles. The zero-order valence-electron chi connectivity index (χ0n) is 26.2. The van der Waals surface area contributed by atoms with E-state index in [0.29, 0.717) is 35.1 Å². The van der Waals surface area contributed by atoms with Crippen LogP contribution in [0.3, 0.4) is 0 Å². The zero-order chi connectivity index (χ0) is 31.2. The summed E-state index contributed by atoms with van der Waals surface area (Å²) in [4.78, 5) is 29.1. The van der Waals surface area contributed by atoms with E-state index in [-0.39, 0.29) is 6.54 Å². The number of hydrogen-bond donors (Lipinski definition) is 1. The zero-order valence-corrected chi connectivity index (χ0v) is 26.2. The minimum Gasteiger partial charge on any atom is -0.497 e. The first-order valence-electron chi connectivity index (χ1n) is 14.6. The summed E-state index contributed by atoms with van der Waals surface area (Å²) in [6.45, 7) is 5.99. The normalized spacial score (nSPS) is 14.4. The van der Waals surface area contributed by atoms with Gasteiger partial charge in [-0.25, -0.2) is 9.78 Å². The quantitative estimate of drug-likeness (QED) is 0.230. The van der Waals surface area contributed by atoms with Crippen molar-refractivity contribution in [3.8, 4) is 17.2 Å². The number of para-hydroxylation sites is 1. The molecule has 1 fully saturated rings. The van der Waals surface area contributed by atoms with Gasteiger partial charge in [-0.2, -0.15) is 4.98 Å². The minimum atomic E-state index is -0.581. The van der Waals surface area contributed by atoms with Crippen molar-refractivity contribution in [1.29, 1.82) is 0 Å². The molecule has 44 heavy (non-hydrogen) atoms. The highest BCUT2D eigenvalue weighted by molar-refractivity contribution is 5.88. The monoisotopic (exact) mass is 596 g/mol. The Morgan fingerprint density at radius 2 is 1.75 bits per heavy atom. The van der Waals surface area contributed by atoms with Crippen molar-refractivity contribution < 1.29 is 19.0 Å². The standard InChI is InChI=1S/C34H40N6O4/c1-23-8-7-9-24(2)32(23)44-34(41)40(21-25-20-29(42-5)14-15-30(25)43-6)31-16-18-35-33(37-31)36-26-10-12-27(13-11-26)39-19-17-28(22-39)38(3)4/h7-16,18,20,28H,17,19,21-22H2,1-6H3,(H,35,36,37)/t28-/m1/s1. The van der Waals surface area contributed by atoms with Crippen molar-refractivity contribution in [3.05, 3.63) is 89.6 Å². The van der Waals surface area contributed by atoms with Crippen LogP contribution in [0.4, 0.5) is 27.9 Å². The summed E-state index contributed by atoms with van der Waals surface area (Å²) in [5.74, 6) is 2.49. The van der Waals surface area contributed by atoms with Crippen LogP contribution in [0.1, 0.15) is 23.1 Å². The Morgan fingerprint density at radius 3 is 2.41 bits per heavy atom. The molecule has 10 nitrogen and oxygen atoms in total. The van der Waals surface area contributed by atoms with Crippen LogP contribution in [-0.2, 0) is 6.54 Å². The van der Waals surface area contributed by atoms with Gasteiger partial charge in [0.05, 0.1) is 20.8 Å². The molecule has 1 aromatic heterocycles. The molecule has 0 saturated carbocycles. The number of hydrogen-bond acceptors (Lipinski definition) is 9. The van der Waals surface area contributed by atoms with Gasteiger partial charge in [0.25, 0.3) is 0 Å². The molecule has 0 bridgehead atoms. The third-order valence-electron chi connectivity index (χ3n) is 7.93. The number of likely N-dealkylation sites (N-methyl/N-ethyl adjacent to an activating group) is 1. The van der Waals surface area contributed by atoms with E-state index in [1.165, 1.54) is 10.6 Å². The predicted molar refractivity (Wildman–Crippen MR) is 174 cm³/mol. The van der Waals surface area contributed by atoms with Gasteiger partial charge >= 0.3 is 6.09 Å². The summed E-state index contributed by atoms with van der Waals surface area (Å²) in [5, 5.41) is 3.28. The van der Waals surface area contributed by atoms with Crippen LogP contribution >= 0.6 is 0 Å². The van der Waals surface area contributed by atoms with E-state index in [1.54, 1.807) is 26.5 Å². The number of carbonyl (C=O) groups excluding carboxylic acids is 1. The topological polar surface area (TPSA) is 92.3 Å². The maximum Gasteiger partial charge on any atom is 0.421 e. The van der Waals surface area contributed by atoms with E-state index in [9.17, 15) is 4.79 Å². The van der Waals surface area contributed by atoms with Crippen LogP contribution in [0, 0.1) is 13.8 Å². The Balaban J connectivity index is 1.41. The van der Waals surface area contributed by atoms with E-state index in [2.05, 4.69) is 46.3 Å². The number of ether oxygens (including phenoxy) is 3. The van der Waals surface area contributed by atoms with Crippen molar-refractivity contribution in [2.75, 3.05) is 56.5 Å². The number of methoxy groups -OCH3 is 2. The minimum absolute atomic E-state index is 0.124. The van der Waals surface area contributed by atoms with Gasteiger partial charge in [0, 0.05) is 42.3 Å². The molecular weight excluding hydrogens is 556 g/mol. The lowest BCUT2D eigenvalue weighted by Crippen LogP contribution is -2.34. The van der Waals surface area contributed by atoms with E-state index in [1.807, 2.05) is 62.4 Å². The van der Waals surface area contributed by atoms with E-state index in [0.717, 1.165) is 41.9 Å². The number of nitrogens with one attached hydrogen (secondary N) is 1. The average Bonchev–Trinajstić information content (AvgIpc) is 3.53. The Hall–Kier alpha value is -4.83. The largest absolute Gasteiger partial charge is 0.497 e. The van der Waals surface area contributed by atoms with Gasteiger partial charge in [-0.3, -0.25) is 4.90 Å². The molecule has 1 amide bonds. The SMILES string of the molecule is COc1ccc(OC)c(CN(C(=O)Oc2c(C)cccc2C)c2ccnc(Nc3ccc(N4CC[C@@H](N(C)C)C4)cc3)n2)c1. The highest BCUT2D eigenvalue weighted by atomic mass is 16.6. The Morgan fingerprint density at radius 1 is 1.00 bits per heavy atom. The summed E-state index contributed by atoms with van der Waals surface area (Å²) in [6, 6.07) is 21.7. The molecular formula is C34H40N6O4. The Kier molecular flexibility index (Phi) is 9.50. The molecule has 3 aromatic carbocycles. The van der Waals surface area contributed by atoms with Crippen molar-refractivity contribution in [3.63, 3.8) is 0 Å². The molecule has 0 radical (unpaired) electrons. The number of aryl methyl sites for hydroxylation is 2. The second-order valence-electron chi connectivity index (χ2n) is 11.1. The Bertz CT molecular complexity index is 1570. The van der Waals surface area contributed by atoms with E-state index in [4.69, 9.17) is 19.2 Å². The number of anilines is 4. The van der Waals surface area contributed by atoms with E-state index >= 15 is 0 Å². The first-order valence-corrected chi connectivity index (χ1v) is 14.6. The number of aromatic nitrogens is 2. The van der Waals surface area contributed by atoms with Gasteiger partial charge in [-0.15, -0.1) is 0 Å². The molecule has 5 rings (SSSR count). The maximum atomic E-state index is 13.8. The van der Waals surface area contributed by atoms with Crippen molar-refractivity contribution in [2.45, 2.75) is 32.9 Å². The summed E-state index contributed by atoms with van der Waals surface area (Å²) < 4.78 is 17.0. The Labute approximate surface area is 259 Å². The van der Waals surface area contributed by atoms with Crippen LogP contribution in [0.25, 0.3) is 0 Å². The number of amides is 1. The lowest BCUT2D eigenvalue weighted by atomic mass is 10.1. The third kappa shape index (κ3) is 7.03. The average molecular weight is 597 g/mol. The first kappa shape index (κ1) is 30.6. The summed E-state index contributed by atoms with van der Waals surface area (Å²) in [7, 11) is 7.45. The molecule has 230 valence electrons. The number of rotatable bonds is 10. The van der Waals surface area contributed by atoms with Gasteiger partial charge in [0.2, 0.25) is 5.95 Å². The molecule has 1 aliphatic rings. The van der Waals surface area contributed by atoms with Gasteiger partial charge in [0.1, 0.15) is 23.1 Å². The fraction of sp³-hybridized carbons (Fsp3) is 0.324. The molecule has 2 heterocycles. The fourth-order valence-corrected chi connectivity index (χ4v) is 5.36. The molecule has 4 aromatic rings. The van der Waals surface area contributed by atoms with Gasteiger partial charge in [-0.05, 0) is 94.0 Å². The van der Waals surface area contributed by atoms with Crippen LogP contribution < -0.4 is 29.3 Å². The molecule has 0 unspecified atom stereocenters. The van der Waals surface area contributed by atoms with Gasteiger partial charge in [0.15, 0.2) is 0 Å². The molecule has 10 heteroatoms. The van der Waals surface area contributed by atoms with Crippen molar-refractivity contribution >= 4 is 29.2 Å². The van der Waals surface area contributed by atoms with E-state index < -0.39 is 6.09 Å². The number of carbonyl (C=O) groups is 1. The molecule has 0 aliphatic carbocycles. The second kappa shape index (κ2) is 13.6. The number of nitrogens with zero attached hydrogens (tertiary/aromatic N) is 5. The molecule has 0 spiro atoms. The summed E-state index contributed by atoms with van der Waals surface area (Å²) >= 11 is 0. The maximum absolute atomic E-state index is 13.8. The highest BCUT2D eigenvalue weighted by Crippen LogP contribution is 2.30. The highest BCUT2D eigenvalue weighted by Gasteiger charge is 2.25. The van der Waals surface area contributed by atoms with Crippen LogP contribution in [0.5, 0.6) is 17.2 Å². The fourth-order valence-electron chi connectivity index (χ4n) is 5.36. The molecule has 1 N–H and O–H groups in total. The predicted octanol–water partition coefficient (Wildman–Crippen LogP) is 6.20. The molecule has 1 atom stereocenters. The lowest BCUT2D eigenvalue weighted by Gasteiger charge is -2.24. The lowest BCUT2D eigenvalue weighted by molar-refractivity contribution is 0.206. The van der Waals surface area contributed by atoms with Gasteiger partial charge < -0.3 is 29.3 Å². The van der Waals surface area contributed by atoms with Gasteiger partial charge in [-0.1, -0.05) is 18.2 Å². The van der Waals surface area contributed by atoms with Crippen LogP contribution in [0.2, 0.25) is 0 Å². The second-order valence-corrected chi connectivity index (χ2v) is 11.1. The summed E-state index contributed by atoms with van der Waals surface area (Å²) in [5.41, 5.74) is 4.47. The van der Waals surface area contributed by atoms with Crippen molar-refractivity contribution in [1.82, 2.24) is 14.9 Å². The first-order chi connectivity index (χ1) is 21.2. The van der Waals surface area contributed by atoms with Crippen LogP contribution in [-0.4, -0.2) is 68.4 Å². The van der Waals surface area contributed by atoms with Crippen molar-refractivity contribution in [2.24, 2.45) is 0 Å². The number of benzene rings is 3. The molecule has 1 aliphatic heterocycles.